The van der Waals surface area contributed by atoms with Crippen LogP contribution in [0.2, 0.25) is 0 Å². The highest BCUT2D eigenvalue weighted by atomic mass is 32.2. The van der Waals surface area contributed by atoms with E-state index in [1.54, 1.807) is 35.3 Å². The van der Waals surface area contributed by atoms with Crippen LogP contribution in [0.5, 0.6) is 0 Å². The van der Waals surface area contributed by atoms with E-state index in [9.17, 15) is 0 Å². The molecular formula is C10H13N3S3. The molecule has 0 bridgehead atoms. The lowest BCUT2D eigenvalue weighted by Gasteiger charge is -2.13. The predicted molar refractivity (Wildman–Crippen MR) is 72.3 cm³/mol. The largest absolute Gasteiger partial charge is 0.197 e. The summed E-state index contributed by atoms with van der Waals surface area (Å²) in [6, 6.07) is 6.31. The molecule has 3 nitrogen and oxygen atoms in total. The first-order valence-electron chi connectivity index (χ1n) is 4.69. The SMILES string of the molecule is N#CCSCC(CSCC#N)CSCC#N. The molecule has 0 aliphatic rings. The van der Waals surface area contributed by atoms with E-state index >= 15 is 0 Å². The van der Waals surface area contributed by atoms with Gasteiger partial charge in [-0.2, -0.15) is 15.8 Å². The number of thioether (sulfide) groups is 3. The minimum atomic E-state index is 0.482. The quantitative estimate of drug-likeness (QED) is 0.600. The van der Waals surface area contributed by atoms with E-state index < -0.39 is 0 Å². The molecule has 16 heavy (non-hydrogen) atoms. The van der Waals surface area contributed by atoms with Gasteiger partial charge in [0.25, 0.3) is 0 Å². The molecule has 0 saturated heterocycles. The van der Waals surface area contributed by atoms with Gasteiger partial charge in [-0.1, -0.05) is 0 Å². The molecule has 0 unspecified atom stereocenters. The van der Waals surface area contributed by atoms with Crippen LogP contribution in [0.4, 0.5) is 0 Å². The van der Waals surface area contributed by atoms with Crippen molar-refractivity contribution in [2.45, 2.75) is 0 Å². The van der Waals surface area contributed by atoms with Gasteiger partial charge in [0, 0.05) is 0 Å². The van der Waals surface area contributed by atoms with E-state index in [4.69, 9.17) is 15.8 Å². The predicted octanol–water partition coefficient (Wildman–Crippen LogP) is 2.37. The number of rotatable bonds is 9. The standard InChI is InChI=1S/C10H13N3S3/c11-1-4-14-7-10(8-15-5-2-12)9-16-6-3-13/h10H,4-9H2. The van der Waals surface area contributed by atoms with E-state index in [1.807, 2.05) is 0 Å². The molecule has 0 spiro atoms. The van der Waals surface area contributed by atoms with Gasteiger partial charge in [0.05, 0.1) is 35.5 Å². The summed E-state index contributed by atoms with van der Waals surface area (Å²) in [5.41, 5.74) is 0. The van der Waals surface area contributed by atoms with Gasteiger partial charge in [-0.3, -0.25) is 0 Å². The first-order chi connectivity index (χ1) is 7.85. The molecule has 0 aliphatic carbocycles. The van der Waals surface area contributed by atoms with Crippen LogP contribution in [0.15, 0.2) is 0 Å². The molecule has 86 valence electrons. The van der Waals surface area contributed by atoms with E-state index in [-0.39, 0.29) is 0 Å². The zero-order valence-electron chi connectivity index (χ0n) is 8.89. The maximum atomic E-state index is 8.44. The van der Waals surface area contributed by atoms with Crippen molar-refractivity contribution in [3.8, 4) is 18.2 Å². The molecule has 6 heteroatoms. The van der Waals surface area contributed by atoms with Gasteiger partial charge in [-0.25, -0.2) is 0 Å². The lowest BCUT2D eigenvalue weighted by molar-refractivity contribution is 0.779. The molecule has 0 saturated carbocycles. The lowest BCUT2D eigenvalue weighted by atomic mass is 10.3. The summed E-state index contributed by atoms with van der Waals surface area (Å²) < 4.78 is 0. The second-order valence-electron chi connectivity index (χ2n) is 2.89. The molecule has 0 rings (SSSR count). The van der Waals surface area contributed by atoms with Crippen molar-refractivity contribution in [3.63, 3.8) is 0 Å². The summed E-state index contributed by atoms with van der Waals surface area (Å²) in [4.78, 5) is 0. The fourth-order valence-corrected chi connectivity index (χ4v) is 3.74. The van der Waals surface area contributed by atoms with Gasteiger partial charge >= 0.3 is 0 Å². The van der Waals surface area contributed by atoms with Crippen molar-refractivity contribution in [2.24, 2.45) is 5.92 Å². The van der Waals surface area contributed by atoms with Crippen LogP contribution in [0.3, 0.4) is 0 Å². The normalized spacial score (nSPS) is 9.38. The fraction of sp³-hybridized carbons (Fsp3) is 0.700. The average Bonchev–Trinajstić information content (AvgIpc) is 2.29. The molecular weight excluding hydrogens is 258 g/mol. The summed E-state index contributed by atoms with van der Waals surface area (Å²) in [5, 5.41) is 25.3. The molecule has 0 radical (unpaired) electrons. The Kier molecular flexibility index (Phi) is 12.2. The van der Waals surface area contributed by atoms with Crippen molar-refractivity contribution in [1.29, 1.82) is 15.8 Å². The third-order valence-corrected chi connectivity index (χ3v) is 4.68. The van der Waals surface area contributed by atoms with Gasteiger partial charge in [0.15, 0.2) is 0 Å². The summed E-state index contributed by atoms with van der Waals surface area (Å²) in [6.45, 7) is 0. The van der Waals surface area contributed by atoms with Gasteiger partial charge in [-0.15, -0.1) is 35.3 Å². The van der Waals surface area contributed by atoms with Gasteiger partial charge in [-0.05, 0) is 23.2 Å². The molecule has 0 amide bonds. The highest BCUT2D eigenvalue weighted by molar-refractivity contribution is 8.01. The Morgan fingerprint density at radius 1 is 0.688 bits per heavy atom. The molecule has 0 N–H and O–H groups in total. The maximum absolute atomic E-state index is 8.44. The van der Waals surface area contributed by atoms with Crippen molar-refractivity contribution < 1.29 is 0 Å². The molecule has 0 atom stereocenters. The molecule has 0 aromatic heterocycles. The highest BCUT2D eigenvalue weighted by Crippen LogP contribution is 2.18. The van der Waals surface area contributed by atoms with Crippen molar-refractivity contribution in [2.75, 3.05) is 34.5 Å². The first kappa shape index (κ1) is 15.5. The van der Waals surface area contributed by atoms with Gasteiger partial charge in [0.2, 0.25) is 0 Å². The van der Waals surface area contributed by atoms with Crippen LogP contribution in [-0.2, 0) is 0 Å². The molecule has 0 aliphatic heterocycles. The third kappa shape index (κ3) is 10.1. The Morgan fingerprint density at radius 2 is 1.00 bits per heavy atom. The Bertz CT molecular complexity index is 240. The van der Waals surface area contributed by atoms with Crippen LogP contribution < -0.4 is 0 Å². The number of nitrogens with zero attached hydrogens (tertiary/aromatic N) is 3. The van der Waals surface area contributed by atoms with E-state index in [2.05, 4.69) is 18.2 Å². The van der Waals surface area contributed by atoms with Crippen molar-refractivity contribution in [3.05, 3.63) is 0 Å². The van der Waals surface area contributed by atoms with Crippen LogP contribution >= 0.6 is 35.3 Å². The van der Waals surface area contributed by atoms with Crippen LogP contribution in [-0.4, -0.2) is 34.5 Å². The molecule has 0 aromatic carbocycles. The minimum Gasteiger partial charge on any atom is -0.197 e. The van der Waals surface area contributed by atoms with Crippen LogP contribution in [0.1, 0.15) is 0 Å². The third-order valence-electron chi connectivity index (χ3n) is 1.56. The monoisotopic (exact) mass is 271 g/mol. The van der Waals surface area contributed by atoms with E-state index in [0.29, 0.717) is 23.2 Å². The zero-order valence-corrected chi connectivity index (χ0v) is 11.3. The fourth-order valence-electron chi connectivity index (χ4n) is 0.958. The van der Waals surface area contributed by atoms with Crippen molar-refractivity contribution >= 4 is 35.3 Å². The van der Waals surface area contributed by atoms with Crippen LogP contribution in [0, 0.1) is 39.9 Å². The Balaban J connectivity index is 3.73. The number of hydrogen-bond donors (Lipinski definition) is 0. The van der Waals surface area contributed by atoms with Gasteiger partial charge in [0.1, 0.15) is 0 Å². The second kappa shape index (κ2) is 12.6. The summed E-state index contributed by atoms with van der Waals surface area (Å²) in [6.07, 6.45) is 0. The minimum absolute atomic E-state index is 0.482. The summed E-state index contributed by atoms with van der Waals surface area (Å²) in [7, 11) is 0. The van der Waals surface area contributed by atoms with E-state index in [1.165, 1.54) is 0 Å². The zero-order chi connectivity index (χ0) is 12.1. The Hall–Kier alpha value is -0.480. The smallest absolute Gasteiger partial charge is 0.0808 e. The Labute approximate surface area is 110 Å². The van der Waals surface area contributed by atoms with E-state index in [0.717, 1.165) is 17.3 Å². The highest BCUT2D eigenvalue weighted by Gasteiger charge is 2.09. The molecule has 0 heterocycles. The van der Waals surface area contributed by atoms with Crippen LogP contribution in [0.25, 0.3) is 0 Å². The number of hydrogen-bond acceptors (Lipinski definition) is 6. The topological polar surface area (TPSA) is 71.4 Å². The maximum Gasteiger partial charge on any atom is 0.0808 e. The number of nitriles is 3. The molecule has 0 fully saturated rings. The van der Waals surface area contributed by atoms with Gasteiger partial charge < -0.3 is 0 Å². The van der Waals surface area contributed by atoms with Crippen molar-refractivity contribution in [1.82, 2.24) is 0 Å². The molecule has 0 aromatic rings. The average molecular weight is 271 g/mol. The Morgan fingerprint density at radius 3 is 1.25 bits per heavy atom. The lowest BCUT2D eigenvalue weighted by Crippen LogP contribution is -2.11. The second-order valence-corrected chi connectivity index (χ2v) is 5.98. The first-order valence-corrected chi connectivity index (χ1v) is 8.15. The summed E-state index contributed by atoms with van der Waals surface area (Å²) >= 11 is 4.87. The summed E-state index contributed by atoms with van der Waals surface area (Å²) in [5.74, 6) is 4.83.